The van der Waals surface area contributed by atoms with Crippen molar-refractivity contribution in [3.8, 4) is 0 Å². The summed E-state index contributed by atoms with van der Waals surface area (Å²) in [5, 5.41) is 0. The summed E-state index contributed by atoms with van der Waals surface area (Å²) in [6.45, 7) is 3.24. The maximum atomic E-state index is 12.8. The van der Waals surface area contributed by atoms with Gasteiger partial charge < -0.3 is 9.80 Å². The summed E-state index contributed by atoms with van der Waals surface area (Å²) in [5.41, 5.74) is 2.36. The molecule has 0 aromatic heterocycles. The quantitative estimate of drug-likeness (QED) is 0.773. The molecule has 28 heavy (non-hydrogen) atoms. The molecule has 4 amide bonds. The molecule has 2 saturated heterocycles. The van der Waals surface area contributed by atoms with E-state index >= 15 is 0 Å². The van der Waals surface area contributed by atoms with E-state index in [1.807, 2.05) is 54.3 Å². The van der Waals surface area contributed by atoms with Gasteiger partial charge in [0.15, 0.2) is 0 Å². The number of para-hydroxylation sites is 1. The highest BCUT2D eigenvalue weighted by molar-refractivity contribution is 6.19. The van der Waals surface area contributed by atoms with Crippen molar-refractivity contribution in [2.75, 3.05) is 24.5 Å². The second kappa shape index (κ2) is 7.46. The Morgan fingerprint density at radius 1 is 0.964 bits per heavy atom. The average Bonchev–Trinajstić information content (AvgIpc) is 3.02. The number of aryl methyl sites for hydroxylation is 1. The molecule has 2 fully saturated rings. The fourth-order valence-corrected chi connectivity index (χ4v) is 3.98. The van der Waals surface area contributed by atoms with E-state index in [0.29, 0.717) is 37.2 Å². The molecule has 144 valence electrons. The standard InChI is InChI=1S/C22H23N3O3/c1-16-6-5-7-17(14-16)21(27)23-12-10-18(11-13-23)24-15-20(26)25(22(24)28)19-8-3-2-4-9-19/h2-9,14,18H,10-13,15H2,1H3. The maximum absolute atomic E-state index is 12.8. The number of benzene rings is 2. The van der Waals surface area contributed by atoms with Gasteiger partial charge in [-0.2, -0.15) is 0 Å². The van der Waals surface area contributed by atoms with Crippen LogP contribution in [0.25, 0.3) is 0 Å². The highest BCUT2D eigenvalue weighted by Crippen LogP contribution is 2.26. The molecule has 2 heterocycles. The molecule has 2 aromatic carbocycles. The molecule has 0 aliphatic carbocycles. The van der Waals surface area contributed by atoms with Gasteiger partial charge in [-0.05, 0) is 44.0 Å². The van der Waals surface area contributed by atoms with Crippen molar-refractivity contribution in [3.05, 3.63) is 65.7 Å². The number of urea groups is 1. The van der Waals surface area contributed by atoms with Crippen molar-refractivity contribution in [1.82, 2.24) is 9.80 Å². The van der Waals surface area contributed by atoms with Crippen LogP contribution in [0.4, 0.5) is 10.5 Å². The zero-order valence-corrected chi connectivity index (χ0v) is 15.9. The van der Waals surface area contributed by atoms with Gasteiger partial charge in [0, 0.05) is 24.7 Å². The summed E-state index contributed by atoms with van der Waals surface area (Å²) >= 11 is 0. The molecule has 0 bridgehead atoms. The second-order valence-corrected chi connectivity index (χ2v) is 7.37. The van der Waals surface area contributed by atoms with Gasteiger partial charge in [-0.3, -0.25) is 9.59 Å². The van der Waals surface area contributed by atoms with Crippen LogP contribution in [-0.4, -0.2) is 53.3 Å². The molecule has 0 radical (unpaired) electrons. The summed E-state index contributed by atoms with van der Waals surface area (Å²) in [6.07, 6.45) is 1.36. The molecule has 2 aliphatic heterocycles. The van der Waals surface area contributed by atoms with Crippen molar-refractivity contribution >= 4 is 23.5 Å². The SMILES string of the molecule is Cc1cccc(C(=O)N2CCC(N3CC(=O)N(c4ccccc4)C3=O)CC2)c1. The topological polar surface area (TPSA) is 60.9 Å². The normalized spacial score (nSPS) is 18.1. The van der Waals surface area contributed by atoms with Crippen molar-refractivity contribution in [2.24, 2.45) is 0 Å². The largest absolute Gasteiger partial charge is 0.338 e. The van der Waals surface area contributed by atoms with Crippen LogP contribution < -0.4 is 4.90 Å². The van der Waals surface area contributed by atoms with Gasteiger partial charge in [-0.1, -0.05) is 35.9 Å². The van der Waals surface area contributed by atoms with E-state index in [1.54, 1.807) is 17.0 Å². The third-order valence-corrected chi connectivity index (χ3v) is 5.46. The van der Waals surface area contributed by atoms with Crippen molar-refractivity contribution in [3.63, 3.8) is 0 Å². The number of imide groups is 1. The first kappa shape index (κ1) is 18.2. The molecule has 4 rings (SSSR count). The van der Waals surface area contributed by atoms with E-state index in [-0.39, 0.29) is 30.4 Å². The minimum Gasteiger partial charge on any atom is -0.338 e. The van der Waals surface area contributed by atoms with Crippen molar-refractivity contribution < 1.29 is 14.4 Å². The molecule has 2 aliphatic rings. The van der Waals surface area contributed by atoms with E-state index in [0.717, 1.165) is 5.56 Å². The number of hydrogen-bond donors (Lipinski definition) is 0. The fraction of sp³-hybridized carbons (Fsp3) is 0.318. The van der Waals surface area contributed by atoms with Gasteiger partial charge in [0.2, 0.25) is 0 Å². The first-order valence-electron chi connectivity index (χ1n) is 9.59. The Bertz CT molecular complexity index is 904. The van der Waals surface area contributed by atoms with Crippen LogP contribution in [0.3, 0.4) is 0 Å². The Balaban J connectivity index is 1.41. The fourth-order valence-electron chi connectivity index (χ4n) is 3.98. The van der Waals surface area contributed by atoms with Crippen LogP contribution in [0.2, 0.25) is 0 Å². The lowest BCUT2D eigenvalue weighted by Crippen LogP contribution is -2.48. The molecule has 0 saturated carbocycles. The molecule has 0 unspecified atom stereocenters. The van der Waals surface area contributed by atoms with E-state index in [4.69, 9.17) is 0 Å². The van der Waals surface area contributed by atoms with Crippen LogP contribution in [0.1, 0.15) is 28.8 Å². The Labute approximate surface area is 164 Å². The molecule has 0 spiro atoms. The summed E-state index contributed by atoms with van der Waals surface area (Å²) in [6, 6.07) is 16.3. The van der Waals surface area contributed by atoms with Crippen LogP contribution in [-0.2, 0) is 4.79 Å². The summed E-state index contributed by atoms with van der Waals surface area (Å²) in [5.74, 6) is -0.175. The zero-order chi connectivity index (χ0) is 19.7. The van der Waals surface area contributed by atoms with Gasteiger partial charge in [-0.15, -0.1) is 0 Å². The van der Waals surface area contributed by atoms with Crippen molar-refractivity contribution in [2.45, 2.75) is 25.8 Å². The number of amides is 4. The van der Waals surface area contributed by atoms with Gasteiger partial charge in [0.25, 0.3) is 11.8 Å². The summed E-state index contributed by atoms with van der Waals surface area (Å²) < 4.78 is 0. The summed E-state index contributed by atoms with van der Waals surface area (Å²) in [4.78, 5) is 42.7. The Kier molecular flexibility index (Phi) is 4.86. The van der Waals surface area contributed by atoms with E-state index in [9.17, 15) is 14.4 Å². The molecule has 0 atom stereocenters. The zero-order valence-electron chi connectivity index (χ0n) is 15.9. The molecule has 6 heteroatoms. The predicted molar refractivity (Wildman–Crippen MR) is 106 cm³/mol. The maximum Gasteiger partial charge on any atom is 0.332 e. The van der Waals surface area contributed by atoms with Crippen LogP contribution in [0.15, 0.2) is 54.6 Å². The molecule has 0 N–H and O–H groups in total. The van der Waals surface area contributed by atoms with E-state index in [1.165, 1.54) is 4.90 Å². The van der Waals surface area contributed by atoms with Crippen LogP contribution >= 0.6 is 0 Å². The van der Waals surface area contributed by atoms with Crippen LogP contribution in [0, 0.1) is 6.92 Å². The summed E-state index contributed by atoms with van der Waals surface area (Å²) in [7, 11) is 0. The van der Waals surface area contributed by atoms with E-state index in [2.05, 4.69) is 0 Å². The number of hydrogen-bond acceptors (Lipinski definition) is 3. The highest BCUT2D eigenvalue weighted by atomic mass is 16.2. The first-order valence-corrected chi connectivity index (χ1v) is 9.59. The Hall–Kier alpha value is -3.15. The highest BCUT2D eigenvalue weighted by Gasteiger charge is 2.41. The number of carbonyl (C=O) groups is 3. The van der Waals surface area contributed by atoms with Gasteiger partial charge in [0.05, 0.1) is 5.69 Å². The molecule has 6 nitrogen and oxygen atoms in total. The van der Waals surface area contributed by atoms with Crippen LogP contribution in [0.5, 0.6) is 0 Å². The van der Waals surface area contributed by atoms with Gasteiger partial charge >= 0.3 is 6.03 Å². The minimum atomic E-state index is -0.264. The third kappa shape index (κ3) is 3.38. The number of carbonyl (C=O) groups excluding carboxylic acids is 3. The molecular weight excluding hydrogens is 354 g/mol. The minimum absolute atomic E-state index is 0.0216. The third-order valence-electron chi connectivity index (χ3n) is 5.46. The number of likely N-dealkylation sites (tertiary alicyclic amines) is 1. The number of rotatable bonds is 3. The lowest BCUT2D eigenvalue weighted by Gasteiger charge is -2.36. The monoisotopic (exact) mass is 377 g/mol. The average molecular weight is 377 g/mol. The molecule has 2 aromatic rings. The lowest BCUT2D eigenvalue weighted by molar-refractivity contribution is -0.116. The number of anilines is 1. The van der Waals surface area contributed by atoms with Gasteiger partial charge in [0.1, 0.15) is 6.54 Å². The molecular formula is C22H23N3O3. The Morgan fingerprint density at radius 2 is 1.68 bits per heavy atom. The van der Waals surface area contributed by atoms with Gasteiger partial charge in [-0.25, -0.2) is 9.69 Å². The Morgan fingerprint density at radius 3 is 2.36 bits per heavy atom. The second-order valence-electron chi connectivity index (χ2n) is 7.37. The number of nitrogens with zero attached hydrogens (tertiary/aromatic N) is 3. The van der Waals surface area contributed by atoms with E-state index < -0.39 is 0 Å². The van der Waals surface area contributed by atoms with Crippen molar-refractivity contribution in [1.29, 1.82) is 0 Å². The predicted octanol–water partition coefficient (Wildman–Crippen LogP) is 3.07. The smallest absolute Gasteiger partial charge is 0.332 e. The lowest BCUT2D eigenvalue weighted by atomic mass is 10.0. The number of piperidine rings is 1. The first-order chi connectivity index (χ1) is 13.5.